The van der Waals surface area contributed by atoms with E-state index in [0.717, 1.165) is 12.8 Å². The highest BCUT2D eigenvalue weighted by molar-refractivity contribution is 8.19. The molecule has 0 radical (unpaired) electrons. The second-order valence-corrected chi connectivity index (χ2v) is 8.31. The Bertz CT molecular complexity index is 555. The van der Waals surface area contributed by atoms with Gasteiger partial charge in [0.05, 0.1) is 11.0 Å². The number of aliphatic carboxylic acids is 1. The molecule has 2 aliphatic heterocycles. The summed E-state index contributed by atoms with van der Waals surface area (Å²) in [6.07, 6.45) is 1.71. The Kier molecular flexibility index (Phi) is 4.98. The van der Waals surface area contributed by atoms with Gasteiger partial charge in [-0.2, -0.15) is 0 Å². The van der Waals surface area contributed by atoms with E-state index in [2.05, 4.69) is 0 Å². The van der Waals surface area contributed by atoms with Gasteiger partial charge in [0.25, 0.3) is 5.91 Å². The molecule has 0 saturated carbocycles. The van der Waals surface area contributed by atoms with Gasteiger partial charge in [-0.1, -0.05) is 12.1 Å². The molecule has 1 unspecified atom stereocenters. The number of likely N-dealkylation sites (tertiary alicyclic amines) is 1. The Morgan fingerprint density at radius 3 is 2.50 bits per heavy atom. The molecule has 4 nitrogen and oxygen atoms in total. The largest absolute Gasteiger partial charge is 0.481 e. The van der Waals surface area contributed by atoms with Crippen LogP contribution >= 0.6 is 23.5 Å². The van der Waals surface area contributed by atoms with Crippen LogP contribution in [0.2, 0.25) is 0 Å². The minimum atomic E-state index is -0.838. The molecule has 0 aliphatic carbocycles. The van der Waals surface area contributed by atoms with Crippen molar-refractivity contribution in [2.45, 2.75) is 29.9 Å². The van der Waals surface area contributed by atoms with Crippen LogP contribution in [0.1, 0.15) is 39.8 Å². The molecule has 1 aromatic rings. The van der Waals surface area contributed by atoms with Gasteiger partial charge in [0, 0.05) is 29.7 Å². The lowest BCUT2D eigenvalue weighted by Gasteiger charge is -2.23. The zero-order valence-corrected chi connectivity index (χ0v) is 13.9. The van der Waals surface area contributed by atoms with Gasteiger partial charge in [0.1, 0.15) is 0 Å². The Labute approximate surface area is 138 Å². The first kappa shape index (κ1) is 15.7. The fraction of sp³-hybridized carbons (Fsp3) is 0.500. The number of amides is 1. The summed E-state index contributed by atoms with van der Waals surface area (Å²) in [5, 5.41) is 8.96. The van der Waals surface area contributed by atoms with Crippen LogP contribution in [0.25, 0.3) is 0 Å². The van der Waals surface area contributed by atoms with Gasteiger partial charge in [0.15, 0.2) is 0 Å². The number of carbonyl (C=O) groups excluding carboxylic acids is 1. The van der Waals surface area contributed by atoms with Gasteiger partial charge in [-0.3, -0.25) is 9.59 Å². The number of thioether (sulfide) groups is 2. The van der Waals surface area contributed by atoms with Crippen LogP contribution in [0.4, 0.5) is 0 Å². The van der Waals surface area contributed by atoms with Crippen LogP contribution in [-0.4, -0.2) is 46.0 Å². The summed E-state index contributed by atoms with van der Waals surface area (Å²) in [4.78, 5) is 25.2. The Morgan fingerprint density at radius 1 is 1.18 bits per heavy atom. The van der Waals surface area contributed by atoms with E-state index in [1.165, 1.54) is 17.1 Å². The van der Waals surface area contributed by atoms with E-state index in [1.807, 2.05) is 47.8 Å². The number of hydrogen-bond acceptors (Lipinski definition) is 4. The third-order valence-electron chi connectivity index (χ3n) is 4.10. The molecule has 1 amide bonds. The van der Waals surface area contributed by atoms with E-state index in [9.17, 15) is 9.59 Å². The molecule has 1 N–H and O–H groups in total. The normalized spacial score (nSPS) is 22.2. The molecule has 1 atom stereocenters. The molecule has 2 aliphatic rings. The first-order valence-corrected chi connectivity index (χ1v) is 9.61. The van der Waals surface area contributed by atoms with Crippen molar-refractivity contribution in [2.75, 3.05) is 18.1 Å². The van der Waals surface area contributed by atoms with Gasteiger partial charge >= 0.3 is 5.97 Å². The average molecular weight is 337 g/mol. The maximum absolute atomic E-state index is 12.6. The van der Waals surface area contributed by atoms with Crippen molar-refractivity contribution in [3.8, 4) is 0 Å². The lowest BCUT2D eigenvalue weighted by Crippen LogP contribution is -2.36. The summed E-state index contributed by atoms with van der Waals surface area (Å²) < 4.78 is 0.482. The number of rotatable bonds is 4. The topological polar surface area (TPSA) is 57.6 Å². The number of carbonyl (C=O) groups is 2. The third-order valence-corrected chi connectivity index (χ3v) is 7.20. The lowest BCUT2D eigenvalue weighted by atomic mass is 10.1. The summed E-state index contributed by atoms with van der Waals surface area (Å²) in [5.41, 5.74) is 1.92. The highest BCUT2D eigenvalue weighted by Gasteiger charge is 2.31. The number of nitrogens with zero attached hydrogens (tertiary/aromatic N) is 1. The molecule has 1 aromatic carbocycles. The van der Waals surface area contributed by atoms with Crippen molar-refractivity contribution in [1.82, 2.24) is 4.90 Å². The van der Waals surface area contributed by atoms with E-state index in [-0.39, 0.29) is 18.4 Å². The predicted molar refractivity (Wildman–Crippen MR) is 90.4 cm³/mol. The molecular formula is C16H19NO3S2. The number of carboxylic acids is 1. The van der Waals surface area contributed by atoms with Crippen LogP contribution < -0.4 is 0 Å². The van der Waals surface area contributed by atoms with Crippen LogP contribution in [0.15, 0.2) is 24.3 Å². The number of hydrogen-bond donors (Lipinski definition) is 1. The second-order valence-electron chi connectivity index (χ2n) is 5.59. The average Bonchev–Trinajstić information content (AvgIpc) is 3.17. The minimum Gasteiger partial charge on any atom is -0.481 e. The lowest BCUT2D eigenvalue weighted by molar-refractivity contribution is -0.137. The SMILES string of the molecule is O=C(O)CC1CCCN1C(=O)c1ccc(C2SCCS2)cc1. The zero-order valence-electron chi connectivity index (χ0n) is 12.2. The Balaban J connectivity index is 1.70. The summed E-state index contributed by atoms with van der Waals surface area (Å²) in [6.45, 7) is 0.660. The summed E-state index contributed by atoms with van der Waals surface area (Å²) in [7, 11) is 0. The van der Waals surface area contributed by atoms with Gasteiger partial charge in [-0.25, -0.2) is 0 Å². The summed E-state index contributed by atoms with van der Waals surface area (Å²) in [5.74, 6) is 1.48. The molecular weight excluding hydrogens is 318 g/mol. The maximum atomic E-state index is 12.6. The quantitative estimate of drug-likeness (QED) is 0.914. The monoisotopic (exact) mass is 337 g/mol. The molecule has 22 heavy (non-hydrogen) atoms. The molecule has 3 rings (SSSR count). The van der Waals surface area contributed by atoms with E-state index in [1.54, 1.807) is 4.90 Å². The first-order valence-electron chi connectivity index (χ1n) is 7.51. The standard InChI is InChI=1S/C16H19NO3S2/c18-14(19)10-13-2-1-7-17(13)15(20)11-3-5-12(6-4-11)16-21-8-9-22-16/h3-6,13,16H,1-2,7-10H2,(H,18,19). The zero-order chi connectivity index (χ0) is 15.5. The highest BCUT2D eigenvalue weighted by Crippen LogP contribution is 2.45. The van der Waals surface area contributed by atoms with E-state index in [4.69, 9.17) is 5.11 Å². The van der Waals surface area contributed by atoms with E-state index < -0.39 is 5.97 Å². The molecule has 6 heteroatoms. The smallest absolute Gasteiger partial charge is 0.305 e. The van der Waals surface area contributed by atoms with Crippen LogP contribution in [0, 0.1) is 0 Å². The van der Waals surface area contributed by atoms with Crippen molar-refractivity contribution in [1.29, 1.82) is 0 Å². The fourth-order valence-corrected chi connectivity index (χ4v) is 5.88. The molecule has 0 bridgehead atoms. The van der Waals surface area contributed by atoms with Crippen LogP contribution in [0.3, 0.4) is 0 Å². The number of carboxylic acid groups (broad SMARTS) is 1. The van der Waals surface area contributed by atoms with Crippen molar-refractivity contribution in [3.63, 3.8) is 0 Å². The van der Waals surface area contributed by atoms with Crippen molar-refractivity contribution in [2.24, 2.45) is 0 Å². The molecule has 0 aromatic heterocycles. The first-order chi connectivity index (χ1) is 10.6. The third kappa shape index (κ3) is 3.43. The fourth-order valence-electron chi connectivity index (χ4n) is 3.02. The summed E-state index contributed by atoms with van der Waals surface area (Å²) in [6, 6.07) is 7.67. The van der Waals surface area contributed by atoms with E-state index >= 15 is 0 Å². The highest BCUT2D eigenvalue weighted by atomic mass is 32.2. The Hall–Kier alpha value is -1.14. The van der Waals surface area contributed by atoms with Crippen LogP contribution in [-0.2, 0) is 4.79 Å². The molecule has 2 fully saturated rings. The van der Waals surface area contributed by atoms with E-state index in [0.29, 0.717) is 16.7 Å². The number of benzene rings is 1. The second kappa shape index (κ2) is 6.96. The Morgan fingerprint density at radius 2 is 1.86 bits per heavy atom. The van der Waals surface area contributed by atoms with Gasteiger partial charge in [-0.15, -0.1) is 23.5 Å². The maximum Gasteiger partial charge on any atom is 0.305 e. The van der Waals surface area contributed by atoms with Crippen molar-refractivity contribution in [3.05, 3.63) is 35.4 Å². The van der Waals surface area contributed by atoms with Gasteiger partial charge in [-0.05, 0) is 30.5 Å². The minimum absolute atomic E-state index is 0.0398. The summed E-state index contributed by atoms with van der Waals surface area (Å²) >= 11 is 3.89. The molecule has 118 valence electrons. The van der Waals surface area contributed by atoms with Crippen LogP contribution in [0.5, 0.6) is 0 Å². The predicted octanol–water partition coefficient (Wildman–Crippen LogP) is 3.24. The van der Waals surface area contributed by atoms with Crippen molar-refractivity contribution < 1.29 is 14.7 Å². The molecule has 2 heterocycles. The van der Waals surface area contributed by atoms with Crippen molar-refractivity contribution >= 4 is 35.4 Å². The molecule has 2 saturated heterocycles. The van der Waals surface area contributed by atoms with Gasteiger partial charge < -0.3 is 10.0 Å². The molecule has 0 spiro atoms. The van der Waals surface area contributed by atoms with Gasteiger partial charge in [0.2, 0.25) is 0 Å².